The van der Waals surface area contributed by atoms with Crippen molar-refractivity contribution in [3.05, 3.63) is 35.4 Å². The van der Waals surface area contributed by atoms with E-state index in [2.05, 4.69) is 0 Å². The highest BCUT2D eigenvalue weighted by Crippen LogP contribution is 2.03. The summed E-state index contributed by atoms with van der Waals surface area (Å²) in [5.74, 6) is 0. The molecule has 0 fully saturated rings. The van der Waals surface area contributed by atoms with Crippen molar-refractivity contribution >= 4 is 0 Å². The highest BCUT2D eigenvalue weighted by Gasteiger charge is 1.88. The first-order valence-electron chi connectivity index (χ1n) is 4.36. The quantitative estimate of drug-likeness (QED) is 0.660. The van der Waals surface area contributed by atoms with Crippen molar-refractivity contribution in [3.63, 3.8) is 0 Å². The van der Waals surface area contributed by atoms with Crippen LogP contribution in [0.3, 0.4) is 0 Å². The monoisotopic (exact) mass is 138 g/mol. The lowest BCUT2D eigenvalue weighted by Gasteiger charge is -1.97. The first kappa shape index (κ1) is 4.91. The molecule has 0 spiro atoms. The standard InChI is InChI=1S/C9H12O/c1-2-8-3-5-9(7-10)6-4-8/h3-6,10H,2,7H2,1H3/i7D2. The van der Waals surface area contributed by atoms with Crippen molar-refractivity contribution < 1.29 is 7.85 Å². The Bertz CT molecular complexity index is 248. The second-order valence-electron chi connectivity index (χ2n) is 2.16. The molecule has 10 heavy (non-hydrogen) atoms. The summed E-state index contributed by atoms with van der Waals surface area (Å²) in [5, 5.41) is 8.99. The molecule has 1 N–H and O–H groups in total. The SMILES string of the molecule is [2H]C([2H])(O)c1ccc(CC)cc1. The zero-order valence-corrected chi connectivity index (χ0v) is 5.96. The molecule has 0 saturated carbocycles. The Morgan fingerprint density at radius 2 is 1.80 bits per heavy atom. The lowest BCUT2D eigenvalue weighted by Crippen LogP contribution is -1.83. The Labute approximate surface area is 64.1 Å². The van der Waals surface area contributed by atoms with Crippen LogP contribution in [0.15, 0.2) is 24.3 Å². The van der Waals surface area contributed by atoms with E-state index in [0.717, 1.165) is 12.0 Å². The Kier molecular flexibility index (Phi) is 1.66. The Hall–Kier alpha value is -0.820. The van der Waals surface area contributed by atoms with Gasteiger partial charge in [0.1, 0.15) is 0 Å². The largest absolute Gasteiger partial charge is 0.392 e. The maximum atomic E-state index is 8.99. The highest BCUT2D eigenvalue weighted by molar-refractivity contribution is 5.21. The third-order valence-corrected chi connectivity index (χ3v) is 1.49. The van der Waals surface area contributed by atoms with Crippen LogP contribution in [0.5, 0.6) is 0 Å². The van der Waals surface area contributed by atoms with Gasteiger partial charge in [-0.1, -0.05) is 31.2 Å². The van der Waals surface area contributed by atoms with E-state index >= 15 is 0 Å². The molecule has 54 valence electrons. The van der Waals surface area contributed by atoms with Crippen molar-refractivity contribution in [2.24, 2.45) is 0 Å². The van der Waals surface area contributed by atoms with E-state index in [0.29, 0.717) is 5.56 Å². The summed E-state index contributed by atoms with van der Waals surface area (Å²) in [6, 6.07) is 6.87. The molecule has 0 aliphatic heterocycles. The van der Waals surface area contributed by atoms with Gasteiger partial charge in [-0.3, -0.25) is 0 Å². The van der Waals surface area contributed by atoms with Gasteiger partial charge in [-0.15, -0.1) is 0 Å². The van der Waals surface area contributed by atoms with Gasteiger partial charge in [0.25, 0.3) is 0 Å². The fourth-order valence-corrected chi connectivity index (χ4v) is 0.815. The van der Waals surface area contributed by atoms with Crippen LogP contribution in [0.1, 0.15) is 20.8 Å². The second kappa shape index (κ2) is 3.37. The minimum Gasteiger partial charge on any atom is -0.392 e. The van der Waals surface area contributed by atoms with Crippen molar-refractivity contribution in [2.75, 3.05) is 0 Å². The molecule has 0 unspecified atom stereocenters. The normalized spacial score (nSPS) is 14.2. The summed E-state index contributed by atoms with van der Waals surface area (Å²) >= 11 is 0. The minimum absolute atomic E-state index is 0.305. The topological polar surface area (TPSA) is 20.2 Å². The van der Waals surface area contributed by atoms with Crippen LogP contribution in [0.4, 0.5) is 0 Å². The van der Waals surface area contributed by atoms with Crippen LogP contribution >= 0.6 is 0 Å². The molecule has 0 radical (unpaired) electrons. The van der Waals surface area contributed by atoms with Gasteiger partial charge < -0.3 is 5.11 Å². The minimum atomic E-state index is -2.22. The fourth-order valence-electron chi connectivity index (χ4n) is 0.815. The lowest BCUT2D eigenvalue weighted by atomic mass is 10.1. The van der Waals surface area contributed by atoms with Crippen LogP contribution in [-0.4, -0.2) is 5.11 Å². The number of rotatable bonds is 2. The van der Waals surface area contributed by atoms with E-state index in [1.54, 1.807) is 12.1 Å². The maximum absolute atomic E-state index is 8.99. The van der Waals surface area contributed by atoms with Crippen molar-refractivity contribution in [1.29, 1.82) is 0 Å². The average molecular weight is 138 g/mol. The van der Waals surface area contributed by atoms with Gasteiger partial charge >= 0.3 is 0 Å². The van der Waals surface area contributed by atoms with Crippen molar-refractivity contribution in [2.45, 2.75) is 19.9 Å². The van der Waals surface area contributed by atoms with Crippen LogP contribution in [0.2, 0.25) is 0 Å². The van der Waals surface area contributed by atoms with E-state index in [1.165, 1.54) is 0 Å². The molecular weight excluding hydrogens is 124 g/mol. The number of hydrogen-bond donors (Lipinski definition) is 1. The number of hydrogen-bond acceptors (Lipinski definition) is 1. The Morgan fingerprint density at radius 1 is 1.30 bits per heavy atom. The van der Waals surface area contributed by atoms with Gasteiger partial charge in [-0.25, -0.2) is 0 Å². The summed E-state index contributed by atoms with van der Waals surface area (Å²) in [7, 11) is 0. The summed E-state index contributed by atoms with van der Waals surface area (Å²) in [5.41, 5.74) is 1.45. The summed E-state index contributed by atoms with van der Waals surface area (Å²) in [4.78, 5) is 0. The lowest BCUT2D eigenvalue weighted by molar-refractivity contribution is 0.282. The fraction of sp³-hybridized carbons (Fsp3) is 0.333. The molecule has 0 aliphatic carbocycles. The third-order valence-electron chi connectivity index (χ3n) is 1.49. The Morgan fingerprint density at radius 3 is 2.20 bits per heavy atom. The molecule has 0 heterocycles. The molecular formula is C9H12O. The van der Waals surface area contributed by atoms with E-state index in [-0.39, 0.29) is 0 Å². The summed E-state index contributed by atoms with van der Waals surface area (Å²) in [6.07, 6.45) is 0.925. The number of benzene rings is 1. The molecule has 0 amide bonds. The predicted octanol–water partition coefficient (Wildman–Crippen LogP) is 1.74. The molecule has 1 heteroatoms. The van der Waals surface area contributed by atoms with Crippen LogP contribution in [0.25, 0.3) is 0 Å². The van der Waals surface area contributed by atoms with Gasteiger partial charge in [0.15, 0.2) is 0 Å². The van der Waals surface area contributed by atoms with Gasteiger partial charge in [-0.2, -0.15) is 0 Å². The zero-order chi connectivity index (χ0) is 9.19. The van der Waals surface area contributed by atoms with Gasteiger partial charge in [0, 0.05) is 0 Å². The first-order valence-corrected chi connectivity index (χ1v) is 3.36. The smallest absolute Gasteiger partial charge is 0.0681 e. The number of aryl methyl sites for hydroxylation is 1. The average Bonchev–Trinajstić information content (AvgIpc) is 2.03. The first-order chi connectivity index (χ1) is 5.54. The predicted molar refractivity (Wildman–Crippen MR) is 41.7 cm³/mol. The third kappa shape index (κ3) is 1.58. The molecule has 0 saturated heterocycles. The van der Waals surface area contributed by atoms with Gasteiger partial charge in [-0.05, 0) is 17.5 Å². The maximum Gasteiger partial charge on any atom is 0.0681 e. The highest BCUT2D eigenvalue weighted by atomic mass is 16.3. The van der Waals surface area contributed by atoms with E-state index < -0.39 is 6.56 Å². The molecule has 1 rings (SSSR count). The summed E-state index contributed by atoms with van der Waals surface area (Å²) in [6.45, 7) is -0.186. The Balaban J connectivity index is 2.93. The molecule has 0 aliphatic rings. The molecule has 0 bridgehead atoms. The number of aliphatic hydroxyl groups is 1. The van der Waals surface area contributed by atoms with Crippen LogP contribution in [-0.2, 0) is 13.0 Å². The zero-order valence-electron chi connectivity index (χ0n) is 7.96. The van der Waals surface area contributed by atoms with Crippen molar-refractivity contribution in [1.82, 2.24) is 0 Å². The van der Waals surface area contributed by atoms with Gasteiger partial charge in [0.05, 0.1) is 9.30 Å². The van der Waals surface area contributed by atoms with E-state index in [4.69, 9.17) is 7.85 Å². The van der Waals surface area contributed by atoms with E-state index in [1.807, 2.05) is 19.1 Å². The summed E-state index contributed by atoms with van der Waals surface area (Å²) < 4.78 is 14.0. The molecule has 0 atom stereocenters. The molecule has 1 aromatic rings. The van der Waals surface area contributed by atoms with Crippen LogP contribution < -0.4 is 0 Å². The molecule has 0 aromatic heterocycles. The van der Waals surface area contributed by atoms with E-state index in [9.17, 15) is 0 Å². The molecule has 1 aromatic carbocycles. The van der Waals surface area contributed by atoms with Gasteiger partial charge in [0.2, 0.25) is 0 Å². The second-order valence-corrected chi connectivity index (χ2v) is 2.16. The van der Waals surface area contributed by atoms with Crippen LogP contribution in [0, 0.1) is 0 Å². The molecule has 1 nitrogen and oxygen atoms in total. The van der Waals surface area contributed by atoms with Crippen molar-refractivity contribution in [3.8, 4) is 0 Å².